The van der Waals surface area contributed by atoms with Gasteiger partial charge in [-0.05, 0) is 33.0 Å². The van der Waals surface area contributed by atoms with Gasteiger partial charge < -0.3 is 34.5 Å². The van der Waals surface area contributed by atoms with Crippen molar-refractivity contribution in [2.45, 2.75) is 6.61 Å². The molecular formula is C7H8Ce2O16P6+6. The molecule has 0 aliphatic carbocycles. The molecule has 0 bridgehead atoms. The van der Waals surface area contributed by atoms with Crippen LogP contribution in [0.3, 0.4) is 0 Å². The van der Waals surface area contributed by atoms with E-state index >= 15 is 0 Å². The number of hydrogen-bond acceptors (Lipinski definition) is 16. The van der Waals surface area contributed by atoms with E-state index in [1.54, 1.807) is 0 Å². The Kier molecular flexibility index (Phi) is 42.2. The summed E-state index contributed by atoms with van der Waals surface area (Å²) in [5.74, 6) is 0. The van der Waals surface area contributed by atoms with Crippen molar-refractivity contribution in [2.75, 3.05) is 0 Å². The fourth-order valence-electron chi connectivity index (χ4n) is 0.747. The molecule has 1 rings (SSSR count). The van der Waals surface area contributed by atoms with Gasteiger partial charge in [0, 0.05) is 0 Å². The minimum atomic E-state index is -3.24. The molecule has 24 heteroatoms. The number of benzene rings is 1. The summed E-state index contributed by atoms with van der Waals surface area (Å²) >= 11 is 0. The van der Waals surface area contributed by atoms with Gasteiger partial charge in [-0.25, -0.2) is 0 Å². The van der Waals surface area contributed by atoms with Crippen LogP contribution >= 0.6 is 49.5 Å². The third-order valence-corrected chi connectivity index (χ3v) is 4.63. The van der Waals surface area contributed by atoms with Crippen molar-refractivity contribution in [1.82, 2.24) is 0 Å². The summed E-state index contributed by atoms with van der Waals surface area (Å²) in [6.07, 6.45) is 0. The molecule has 16 nitrogen and oxygen atoms in total. The molecule has 1 aromatic rings. The molecule has 6 atom stereocenters. The van der Waals surface area contributed by atoms with Crippen LogP contribution in [0.25, 0.3) is 0 Å². The first kappa shape index (κ1) is 43.3. The van der Waals surface area contributed by atoms with E-state index in [0.29, 0.717) is 0 Å². The van der Waals surface area contributed by atoms with Crippen molar-refractivity contribution in [3.8, 4) is 0 Å². The Morgan fingerprint density at radius 3 is 0.903 bits per heavy atom. The summed E-state index contributed by atoms with van der Waals surface area (Å²) in [5.41, 5.74) is 0.965. The zero-order valence-corrected chi connectivity index (χ0v) is 26.0. The molecule has 6 unspecified atom stereocenters. The normalized spacial score (nSPS) is 11.5. The molecule has 0 fully saturated rings. The maximum absolute atomic E-state index is 9.24. The molecule has 0 aromatic heterocycles. The third kappa shape index (κ3) is 50.1. The first-order valence-electron chi connectivity index (χ1n) is 5.87. The molecule has 1 N–H and O–H groups in total. The molecular weight excluding hydrogens is 806 g/mol. The van der Waals surface area contributed by atoms with Crippen LogP contribution in [0.15, 0.2) is 30.3 Å². The van der Waals surface area contributed by atoms with Crippen molar-refractivity contribution >= 4 is 49.5 Å². The number of aliphatic hydroxyl groups excluding tert-OH is 1. The topological polar surface area (TPSA) is 289 Å². The van der Waals surface area contributed by atoms with Gasteiger partial charge in [0.2, 0.25) is 0 Å². The molecule has 0 amide bonds. The zero-order valence-electron chi connectivity index (χ0n) is 14.3. The molecule has 1 aromatic carbocycles. The smallest absolute Gasteiger partial charge is 0.563 e. The minimum absolute atomic E-state index is 0. The minimum Gasteiger partial charge on any atom is -0.563 e. The van der Waals surface area contributed by atoms with Crippen LogP contribution in [0.2, 0.25) is 0 Å². The van der Waals surface area contributed by atoms with Crippen LogP contribution in [0.5, 0.6) is 0 Å². The average molecular weight is 814 g/mol. The van der Waals surface area contributed by atoms with Crippen LogP contribution in [-0.2, 0) is 46.9 Å². The molecule has 0 heterocycles. The summed E-state index contributed by atoms with van der Waals surface area (Å²) in [5, 5.41) is 8.54. The molecule has 31 heavy (non-hydrogen) atoms. The van der Waals surface area contributed by atoms with E-state index in [-0.39, 0.29) is 90.1 Å². The van der Waals surface area contributed by atoms with Gasteiger partial charge in [0.25, 0.3) is 0 Å². The molecule has 164 valence electrons. The summed E-state index contributed by atoms with van der Waals surface area (Å²) in [6, 6.07) is 9.52. The van der Waals surface area contributed by atoms with Crippen molar-refractivity contribution in [3.63, 3.8) is 0 Å². The van der Waals surface area contributed by atoms with Gasteiger partial charge >= 0.3 is 133 Å². The summed E-state index contributed by atoms with van der Waals surface area (Å²) in [4.78, 5) is 55.4. The maximum Gasteiger partial charge on any atom is 3.00 e. The van der Waals surface area contributed by atoms with E-state index in [2.05, 4.69) is 12.9 Å². The molecule has 0 aliphatic rings. The van der Waals surface area contributed by atoms with E-state index < -0.39 is 49.5 Å². The Morgan fingerprint density at radius 2 is 0.806 bits per heavy atom. The quantitative estimate of drug-likeness (QED) is 0.300. The van der Waals surface area contributed by atoms with Gasteiger partial charge in [-0.1, -0.05) is 30.3 Å². The second-order valence-corrected chi connectivity index (χ2v) is 7.87. The van der Waals surface area contributed by atoms with E-state index in [4.69, 9.17) is 5.11 Å². The fraction of sp³-hybridized carbons (Fsp3) is 0.143. The maximum atomic E-state index is 9.24. The second kappa shape index (κ2) is 30.2. The van der Waals surface area contributed by atoms with Crippen LogP contribution in [0.4, 0.5) is 0 Å². The van der Waals surface area contributed by atoms with Gasteiger partial charge in [0.15, 0.2) is 0 Å². The van der Waals surface area contributed by atoms with Crippen molar-refractivity contribution < 1.29 is 158 Å². The molecule has 0 spiro atoms. The number of rotatable bonds is 7. The van der Waals surface area contributed by atoms with E-state index in [0.717, 1.165) is 5.56 Å². The van der Waals surface area contributed by atoms with Crippen molar-refractivity contribution in [3.05, 3.63) is 35.9 Å². The van der Waals surface area contributed by atoms with Crippen molar-refractivity contribution in [2.24, 2.45) is 0 Å². The fourth-order valence-corrected chi connectivity index (χ4v) is 2.05. The standard InChI is InChI=1S/C7H8O.2Ce.3O5P2/c8-6-7-4-2-1-3-5-7;;;3*1-6(2)5-7(3)4/h1-5,8H,6H2;;;;;/q;2*+3;;;. The summed E-state index contributed by atoms with van der Waals surface area (Å²) in [6.45, 7) is 0.140. The first-order valence-corrected chi connectivity index (χ1v) is 12.4. The Bertz CT molecular complexity index is 592. The Labute approximate surface area is 247 Å². The monoisotopic (exact) mass is 814 g/mol. The van der Waals surface area contributed by atoms with Gasteiger partial charge in [-0.15, -0.1) is 0 Å². The number of hydrogen-bond donors (Lipinski definition) is 1. The van der Waals surface area contributed by atoms with Crippen LogP contribution in [0, 0.1) is 83.5 Å². The number of aliphatic hydroxyl groups is 1. The third-order valence-electron chi connectivity index (χ3n) is 1.43. The Morgan fingerprint density at radius 1 is 0.581 bits per heavy atom. The van der Waals surface area contributed by atoms with Crippen molar-refractivity contribution in [1.29, 1.82) is 0 Å². The Hall–Kier alpha value is 2.17. The second-order valence-electron chi connectivity index (χ2n) is 3.23. The van der Waals surface area contributed by atoms with Gasteiger partial charge in [-0.2, -0.15) is 0 Å². The van der Waals surface area contributed by atoms with Gasteiger partial charge in [0.05, 0.1) is 6.61 Å². The van der Waals surface area contributed by atoms with Gasteiger partial charge in [0.1, 0.15) is 12.9 Å². The van der Waals surface area contributed by atoms with Crippen LogP contribution in [0.1, 0.15) is 5.56 Å². The van der Waals surface area contributed by atoms with E-state index in [1.807, 2.05) is 30.3 Å². The molecule has 2 radical (unpaired) electrons. The van der Waals surface area contributed by atoms with Crippen LogP contribution in [-0.4, -0.2) is 5.11 Å². The first-order chi connectivity index (χ1) is 13.3. The predicted molar refractivity (Wildman–Crippen MR) is 81.3 cm³/mol. The largest absolute Gasteiger partial charge is 3.00 e. The molecule has 0 saturated heterocycles. The summed E-state index contributed by atoms with van der Waals surface area (Å²) < 4.78 is 64.9. The van der Waals surface area contributed by atoms with E-state index in [1.165, 1.54) is 0 Å². The average Bonchev–Trinajstić information content (AvgIpc) is 2.53. The Balaban J connectivity index is -0.0000000951. The molecule has 0 aliphatic heterocycles. The summed E-state index contributed by atoms with van der Waals surface area (Å²) in [7, 11) is -19.4. The zero-order chi connectivity index (χ0) is 23.4. The SMILES string of the molecule is O=[P+]([O-])O[P+](=O)[O-].O=[P+]([O-])O[P+](=O)[O-].O=[P+]([O-])O[P+](=O)[O-].OCc1ccccc1.[Ce+3].[Ce+3]. The van der Waals surface area contributed by atoms with Crippen LogP contribution < -0.4 is 29.4 Å². The predicted octanol–water partition coefficient (Wildman–Crippen LogP) is -1.71. The van der Waals surface area contributed by atoms with E-state index in [9.17, 15) is 56.8 Å². The van der Waals surface area contributed by atoms with Gasteiger partial charge in [-0.3, -0.25) is 0 Å². The molecule has 0 saturated carbocycles.